The summed E-state index contributed by atoms with van der Waals surface area (Å²) in [4.78, 5) is 36.8. The minimum Gasteiger partial charge on any atom is -0.479 e. The lowest BCUT2D eigenvalue weighted by molar-refractivity contribution is -0.154. The Morgan fingerprint density at radius 2 is 1.71 bits per heavy atom. The van der Waals surface area contributed by atoms with Crippen molar-refractivity contribution in [1.82, 2.24) is 15.3 Å². The molecule has 6 aliphatic rings. The predicted molar refractivity (Wildman–Crippen MR) is 184 cm³/mol. The summed E-state index contributed by atoms with van der Waals surface area (Å²) in [5, 5.41) is 13.2. The maximum Gasteiger partial charge on any atom is 0.434 e. The predicted octanol–water partition coefficient (Wildman–Crippen LogP) is 5.92. The molecule has 4 bridgehead atoms. The zero-order valence-corrected chi connectivity index (χ0v) is 29.4. The minimum absolute atomic E-state index is 0.116. The van der Waals surface area contributed by atoms with Crippen LogP contribution in [0.25, 0.3) is 0 Å². The number of hydrogen-bond acceptors (Lipinski definition) is 8. The van der Waals surface area contributed by atoms with Gasteiger partial charge in [0, 0.05) is 44.1 Å². The number of carbonyl (C=O) groups is 2. The molecule has 2 N–H and O–H groups in total. The van der Waals surface area contributed by atoms with Gasteiger partial charge in [0.1, 0.15) is 5.54 Å². The first kappa shape index (κ1) is 34.8. The van der Waals surface area contributed by atoms with E-state index in [0.717, 1.165) is 24.6 Å². The number of sulfonamides is 1. The van der Waals surface area contributed by atoms with E-state index in [0.29, 0.717) is 74.9 Å². The summed E-state index contributed by atoms with van der Waals surface area (Å²) >= 11 is 0. The Hall–Kier alpha value is -4.24. The Bertz CT molecular complexity index is 2020. The smallest absolute Gasteiger partial charge is 0.434 e. The van der Waals surface area contributed by atoms with E-state index in [2.05, 4.69) is 15.3 Å². The molecule has 11 nitrogen and oxygen atoms in total. The second-order valence-electron chi connectivity index (χ2n) is 15.2. The normalized spacial score (nSPS) is 27.7. The summed E-state index contributed by atoms with van der Waals surface area (Å²) < 4.78 is 78.2. The number of benzene rings is 2. The molecule has 1 spiro atoms. The van der Waals surface area contributed by atoms with Crippen molar-refractivity contribution in [2.24, 2.45) is 23.7 Å². The first-order valence-electron chi connectivity index (χ1n) is 17.8. The molecule has 3 aromatic rings. The second kappa shape index (κ2) is 12.4. The van der Waals surface area contributed by atoms with Crippen LogP contribution in [-0.4, -0.2) is 67.7 Å². The van der Waals surface area contributed by atoms with Gasteiger partial charge in [0.25, 0.3) is 15.9 Å². The number of nitrogens with one attached hydrogen (secondary N) is 1. The van der Waals surface area contributed by atoms with E-state index in [1.807, 2.05) is 0 Å². The molecule has 9 rings (SSSR count). The Kier molecular flexibility index (Phi) is 8.32. The fraction of sp³-hybridized carbons (Fsp3) is 0.514. The summed E-state index contributed by atoms with van der Waals surface area (Å²) in [5.74, 6) is -2.65. The third-order valence-corrected chi connectivity index (χ3v) is 14.3. The van der Waals surface area contributed by atoms with Crippen LogP contribution in [0.3, 0.4) is 0 Å². The van der Waals surface area contributed by atoms with Gasteiger partial charge in [0.15, 0.2) is 5.69 Å². The van der Waals surface area contributed by atoms with Crippen LogP contribution in [0.4, 0.5) is 30.5 Å². The fourth-order valence-electron chi connectivity index (χ4n) is 9.93. The van der Waals surface area contributed by atoms with Gasteiger partial charge in [0.2, 0.25) is 5.95 Å². The summed E-state index contributed by atoms with van der Waals surface area (Å²) in [7, 11) is -2.46. The highest BCUT2D eigenvalue weighted by Gasteiger charge is 2.60. The van der Waals surface area contributed by atoms with Crippen LogP contribution in [0.5, 0.6) is 0 Å². The van der Waals surface area contributed by atoms with Crippen molar-refractivity contribution in [3.8, 4) is 0 Å². The van der Waals surface area contributed by atoms with Crippen LogP contribution in [0.1, 0.15) is 73.0 Å². The van der Waals surface area contributed by atoms with Gasteiger partial charge in [-0.2, -0.15) is 13.2 Å². The molecule has 2 aromatic carbocycles. The minimum atomic E-state index is -5.06. The van der Waals surface area contributed by atoms with E-state index < -0.39 is 50.3 Å². The quantitative estimate of drug-likeness (QED) is 0.302. The van der Waals surface area contributed by atoms with E-state index in [1.165, 1.54) is 23.5 Å². The van der Waals surface area contributed by atoms with Crippen LogP contribution < -0.4 is 14.5 Å². The van der Waals surface area contributed by atoms with Gasteiger partial charge < -0.3 is 20.1 Å². The molecular formula is C37H40F3N5O6S. The van der Waals surface area contributed by atoms with Gasteiger partial charge in [-0.3, -0.25) is 9.10 Å². The zero-order chi connectivity index (χ0) is 36.6. The molecule has 2 aliphatic heterocycles. The molecule has 0 radical (unpaired) electrons. The third kappa shape index (κ3) is 5.53. The van der Waals surface area contributed by atoms with Crippen molar-refractivity contribution in [3.05, 3.63) is 71.5 Å². The summed E-state index contributed by atoms with van der Waals surface area (Å²) in [6, 6.07) is 13.0. The van der Waals surface area contributed by atoms with Gasteiger partial charge in [-0.05, 0) is 105 Å². The molecule has 15 heteroatoms. The molecule has 5 atom stereocenters. The number of anilines is 3. The topological polar surface area (TPSA) is 142 Å². The van der Waals surface area contributed by atoms with Crippen molar-refractivity contribution in [2.75, 3.05) is 36.0 Å². The number of rotatable bonds is 7. The van der Waals surface area contributed by atoms with Gasteiger partial charge in [-0.25, -0.2) is 23.2 Å². The molecule has 52 heavy (non-hydrogen) atoms. The number of ether oxygens (including phenoxy) is 1. The van der Waals surface area contributed by atoms with Crippen molar-refractivity contribution in [1.29, 1.82) is 0 Å². The first-order valence-corrected chi connectivity index (χ1v) is 19.2. The SMILES string of the molecule is CN(c1ccc2c(c1)C1(CCOCC1)CN2c1ncc(C(=O)NC2(C(=O)O)C3CCC4CC(C3)CC2C4)c(C(F)(F)F)n1)S(=O)(=O)c1ccccc1. The molecule has 3 heterocycles. The summed E-state index contributed by atoms with van der Waals surface area (Å²) in [5.41, 5.74) is -2.88. The van der Waals surface area contributed by atoms with Gasteiger partial charge in [-0.15, -0.1) is 0 Å². The number of carbonyl (C=O) groups excluding carboxylic acids is 1. The Labute approximate surface area is 299 Å². The highest BCUT2D eigenvalue weighted by molar-refractivity contribution is 7.92. The number of amides is 1. The van der Waals surface area contributed by atoms with E-state index in [9.17, 15) is 36.3 Å². The van der Waals surface area contributed by atoms with E-state index >= 15 is 0 Å². The largest absolute Gasteiger partial charge is 0.479 e. The average molecular weight is 740 g/mol. The lowest BCUT2D eigenvalue weighted by Gasteiger charge is -2.50. The average Bonchev–Trinajstić information content (AvgIpc) is 3.28. The standard InChI is InChI=1S/C37H40F3N5O6S/c1-44(52(49,50)27-5-3-2-4-6-27)26-9-10-30-29(19-26)35(11-13-51-14-12-35)21-45(30)34-41-20-28(31(42-34)37(38,39)40)32(46)43-36(33(47)48)24-8-7-22-15-23(17-24)18-25(36)16-22/h2-6,9-10,19-20,22-25H,7-8,11-18,21H2,1H3,(H,43,46)(H,47,48). The molecular weight excluding hydrogens is 699 g/mol. The molecule has 5 fully saturated rings. The van der Waals surface area contributed by atoms with Crippen LogP contribution >= 0.6 is 0 Å². The zero-order valence-electron chi connectivity index (χ0n) is 28.6. The number of aliphatic carboxylic acids is 1. The lowest BCUT2D eigenvalue weighted by Crippen LogP contribution is -2.66. The van der Waals surface area contributed by atoms with Crippen LogP contribution in [0.15, 0.2) is 59.6 Å². The van der Waals surface area contributed by atoms with Crippen molar-refractivity contribution in [3.63, 3.8) is 0 Å². The number of carboxylic acids is 1. The van der Waals surface area contributed by atoms with Crippen molar-refractivity contribution >= 4 is 39.2 Å². The summed E-state index contributed by atoms with van der Waals surface area (Å²) in [6.07, 6.45) is 1.20. The number of fused-ring (bicyclic) bond motifs is 3. The number of alkyl halides is 3. The molecule has 1 amide bonds. The molecule has 1 saturated heterocycles. The van der Waals surface area contributed by atoms with Gasteiger partial charge >= 0.3 is 12.1 Å². The maximum atomic E-state index is 14.8. The number of nitrogens with zero attached hydrogens (tertiary/aromatic N) is 4. The molecule has 276 valence electrons. The monoisotopic (exact) mass is 739 g/mol. The maximum absolute atomic E-state index is 14.8. The van der Waals surface area contributed by atoms with Gasteiger partial charge in [-0.1, -0.05) is 24.6 Å². The highest BCUT2D eigenvalue weighted by atomic mass is 32.2. The Morgan fingerprint density at radius 1 is 1.00 bits per heavy atom. The Balaban J connectivity index is 1.15. The number of aromatic nitrogens is 2. The second-order valence-corrected chi connectivity index (χ2v) is 17.1. The summed E-state index contributed by atoms with van der Waals surface area (Å²) in [6.45, 7) is 1.01. The number of carboxylic acid groups (broad SMARTS) is 1. The van der Waals surface area contributed by atoms with E-state index in [1.54, 1.807) is 41.3 Å². The number of hydrogen-bond donors (Lipinski definition) is 2. The Morgan fingerprint density at radius 3 is 2.42 bits per heavy atom. The van der Waals surface area contributed by atoms with E-state index in [4.69, 9.17) is 4.74 Å². The lowest BCUT2D eigenvalue weighted by atomic mass is 9.58. The van der Waals surface area contributed by atoms with Crippen molar-refractivity contribution < 1.29 is 41.0 Å². The van der Waals surface area contributed by atoms with Gasteiger partial charge in [0.05, 0.1) is 16.1 Å². The van der Waals surface area contributed by atoms with Crippen molar-refractivity contribution in [2.45, 2.75) is 73.4 Å². The first-order chi connectivity index (χ1) is 24.7. The molecule has 5 unspecified atom stereocenters. The molecule has 1 aromatic heterocycles. The van der Waals surface area contributed by atoms with Crippen LogP contribution in [-0.2, 0) is 31.1 Å². The molecule has 4 saturated carbocycles. The molecule has 4 aliphatic carbocycles. The third-order valence-electron chi connectivity index (χ3n) is 12.5. The highest BCUT2D eigenvalue weighted by Crippen LogP contribution is 2.56. The van der Waals surface area contributed by atoms with Crippen LogP contribution in [0, 0.1) is 23.7 Å². The fourth-order valence-corrected chi connectivity index (χ4v) is 11.1. The number of halogens is 3. The van der Waals surface area contributed by atoms with E-state index in [-0.39, 0.29) is 29.2 Å². The van der Waals surface area contributed by atoms with Crippen LogP contribution in [0.2, 0.25) is 0 Å².